The number of hydrogen-bond acceptors (Lipinski definition) is 2. The van der Waals surface area contributed by atoms with Crippen LogP contribution in [0.4, 0.5) is 0 Å². The highest BCUT2D eigenvalue weighted by Crippen LogP contribution is 2.22. The predicted octanol–water partition coefficient (Wildman–Crippen LogP) is 2.06. The van der Waals surface area contributed by atoms with Crippen molar-refractivity contribution in [1.29, 1.82) is 0 Å². The van der Waals surface area contributed by atoms with Gasteiger partial charge in [-0.3, -0.25) is 0 Å². The molecule has 74 valence electrons. The highest BCUT2D eigenvalue weighted by atomic mass is 16.5. The molecule has 2 heteroatoms. The van der Waals surface area contributed by atoms with Crippen molar-refractivity contribution >= 4 is 0 Å². The van der Waals surface area contributed by atoms with E-state index >= 15 is 0 Å². The lowest BCUT2D eigenvalue weighted by atomic mass is 10.1. The Morgan fingerprint density at radius 1 is 1.57 bits per heavy atom. The van der Waals surface area contributed by atoms with Crippen LogP contribution in [0.15, 0.2) is 18.2 Å². The van der Waals surface area contributed by atoms with Crippen molar-refractivity contribution in [3.63, 3.8) is 0 Å². The molecule has 0 aliphatic carbocycles. The number of rotatable bonds is 3. The smallest absolute Gasteiger partial charge is 0.148 e. The molecule has 0 saturated heterocycles. The third kappa shape index (κ3) is 2.51. The Bertz CT molecular complexity index is 348. The van der Waals surface area contributed by atoms with E-state index in [0.717, 1.165) is 16.9 Å². The van der Waals surface area contributed by atoms with Gasteiger partial charge >= 0.3 is 0 Å². The van der Waals surface area contributed by atoms with Crippen LogP contribution < -0.4 is 4.74 Å². The van der Waals surface area contributed by atoms with Crippen molar-refractivity contribution in [2.45, 2.75) is 20.0 Å². The minimum atomic E-state index is -0.449. The highest BCUT2D eigenvalue weighted by Gasteiger charge is 2.04. The Morgan fingerprint density at radius 2 is 2.29 bits per heavy atom. The van der Waals surface area contributed by atoms with E-state index in [1.807, 2.05) is 25.1 Å². The molecule has 1 unspecified atom stereocenters. The first kappa shape index (κ1) is 10.6. The van der Waals surface area contributed by atoms with Gasteiger partial charge in [-0.25, -0.2) is 0 Å². The van der Waals surface area contributed by atoms with E-state index in [-0.39, 0.29) is 6.61 Å². The molecule has 0 aliphatic rings. The number of aliphatic hydroxyl groups is 1. The normalized spacial score (nSPS) is 11.9. The Hall–Kier alpha value is -1.46. The summed E-state index contributed by atoms with van der Waals surface area (Å²) in [4.78, 5) is 0. The Morgan fingerprint density at radius 3 is 2.79 bits per heavy atom. The van der Waals surface area contributed by atoms with E-state index in [2.05, 4.69) is 5.92 Å². The minimum absolute atomic E-state index is 0.273. The zero-order valence-corrected chi connectivity index (χ0v) is 8.45. The number of ether oxygens (including phenoxy) is 1. The van der Waals surface area contributed by atoms with Gasteiger partial charge in [0.1, 0.15) is 12.4 Å². The topological polar surface area (TPSA) is 29.5 Å². The van der Waals surface area contributed by atoms with Crippen molar-refractivity contribution < 1.29 is 9.84 Å². The van der Waals surface area contributed by atoms with Gasteiger partial charge in [0.25, 0.3) is 0 Å². The number of aryl methyl sites for hydroxylation is 1. The van der Waals surface area contributed by atoms with Gasteiger partial charge < -0.3 is 9.84 Å². The Labute approximate surface area is 84.5 Å². The fourth-order valence-electron chi connectivity index (χ4n) is 1.21. The number of benzene rings is 1. The van der Waals surface area contributed by atoms with Crippen LogP contribution in [0.1, 0.15) is 24.2 Å². The predicted molar refractivity (Wildman–Crippen MR) is 56.1 cm³/mol. The van der Waals surface area contributed by atoms with Crippen molar-refractivity contribution in [2.75, 3.05) is 6.61 Å². The van der Waals surface area contributed by atoms with Gasteiger partial charge in [0.2, 0.25) is 0 Å². The average Bonchev–Trinajstić information content (AvgIpc) is 2.15. The third-order valence-corrected chi connectivity index (χ3v) is 1.99. The summed E-state index contributed by atoms with van der Waals surface area (Å²) in [6, 6.07) is 5.56. The van der Waals surface area contributed by atoms with Crippen LogP contribution in [0, 0.1) is 19.3 Å². The van der Waals surface area contributed by atoms with Crippen LogP contribution in [0.2, 0.25) is 0 Å². The molecule has 1 rings (SSSR count). The fraction of sp³-hybridized carbons (Fsp3) is 0.333. The van der Waals surface area contributed by atoms with Crippen LogP contribution in [0.3, 0.4) is 0 Å². The fourth-order valence-corrected chi connectivity index (χ4v) is 1.21. The van der Waals surface area contributed by atoms with E-state index in [1.54, 1.807) is 6.92 Å². The molecule has 0 amide bonds. The first-order chi connectivity index (χ1) is 6.65. The summed E-state index contributed by atoms with van der Waals surface area (Å²) in [5.74, 6) is 3.18. The molecule has 14 heavy (non-hydrogen) atoms. The van der Waals surface area contributed by atoms with Gasteiger partial charge in [-0.1, -0.05) is 12.0 Å². The first-order valence-electron chi connectivity index (χ1n) is 4.50. The van der Waals surface area contributed by atoms with E-state index in [9.17, 15) is 5.11 Å². The molecule has 1 atom stereocenters. The molecule has 0 radical (unpaired) electrons. The maximum atomic E-state index is 9.34. The minimum Gasteiger partial charge on any atom is -0.481 e. The number of aliphatic hydroxyl groups excluding tert-OH is 1. The molecule has 1 aromatic rings. The van der Waals surface area contributed by atoms with Crippen LogP contribution in [0.25, 0.3) is 0 Å². The lowest BCUT2D eigenvalue weighted by molar-refractivity contribution is 0.199. The molecule has 1 aromatic carbocycles. The second kappa shape index (κ2) is 4.69. The maximum Gasteiger partial charge on any atom is 0.148 e. The molecule has 0 heterocycles. The van der Waals surface area contributed by atoms with E-state index in [0.29, 0.717) is 0 Å². The summed E-state index contributed by atoms with van der Waals surface area (Å²) in [6.07, 6.45) is 4.64. The second-order valence-electron chi connectivity index (χ2n) is 3.19. The number of hydrogen-bond donors (Lipinski definition) is 1. The van der Waals surface area contributed by atoms with Gasteiger partial charge in [0.05, 0.1) is 6.10 Å². The van der Waals surface area contributed by atoms with Crippen molar-refractivity contribution in [2.24, 2.45) is 0 Å². The quantitative estimate of drug-likeness (QED) is 0.739. The van der Waals surface area contributed by atoms with Gasteiger partial charge in [-0.2, -0.15) is 0 Å². The lowest BCUT2D eigenvalue weighted by Gasteiger charge is -2.10. The molecule has 0 spiro atoms. The summed E-state index contributed by atoms with van der Waals surface area (Å²) < 4.78 is 5.30. The molecule has 2 nitrogen and oxygen atoms in total. The molecule has 1 N–H and O–H groups in total. The van der Waals surface area contributed by atoms with E-state index in [4.69, 9.17) is 11.2 Å². The van der Waals surface area contributed by atoms with E-state index < -0.39 is 6.10 Å². The zero-order chi connectivity index (χ0) is 10.6. The molecule has 0 aliphatic heterocycles. The SMILES string of the molecule is C#CCOc1ccc(C(C)O)cc1C. The highest BCUT2D eigenvalue weighted by molar-refractivity contribution is 5.37. The van der Waals surface area contributed by atoms with Crippen LogP contribution in [-0.4, -0.2) is 11.7 Å². The monoisotopic (exact) mass is 190 g/mol. The van der Waals surface area contributed by atoms with Crippen LogP contribution in [-0.2, 0) is 0 Å². The summed E-state index contributed by atoms with van der Waals surface area (Å²) in [5, 5.41) is 9.34. The standard InChI is InChI=1S/C12H14O2/c1-4-7-14-12-6-5-11(10(3)13)8-9(12)2/h1,5-6,8,10,13H,7H2,2-3H3. The Balaban J connectivity index is 2.85. The van der Waals surface area contributed by atoms with Crippen molar-refractivity contribution in [3.8, 4) is 18.1 Å². The van der Waals surface area contributed by atoms with Gasteiger partial charge in [-0.05, 0) is 37.1 Å². The largest absolute Gasteiger partial charge is 0.481 e. The lowest BCUT2D eigenvalue weighted by Crippen LogP contribution is -1.97. The van der Waals surface area contributed by atoms with Crippen molar-refractivity contribution in [3.05, 3.63) is 29.3 Å². The second-order valence-corrected chi connectivity index (χ2v) is 3.19. The molecule has 0 saturated carbocycles. The number of terminal acetylenes is 1. The summed E-state index contributed by atoms with van der Waals surface area (Å²) in [6.45, 7) is 3.93. The zero-order valence-electron chi connectivity index (χ0n) is 8.45. The molecular weight excluding hydrogens is 176 g/mol. The third-order valence-electron chi connectivity index (χ3n) is 1.99. The molecule has 0 bridgehead atoms. The molecular formula is C12H14O2. The summed E-state index contributed by atoms with van der Waals surface area (Å²) in [5.41, 5.74) is 1.87. The maximum absolute atomic E-state index is 9.34. The van der Waals surface area contributed by atoms with Crippen molar-refractivity contribution in [1.82, 2.24) is 0 Å². The van der Waals surface area contributed by atoms with Gasteiger partial charge in [-0.15, -0.1) is 6.42 Å². The van der Waals surface area contributed by atoms with Gasteiger partial charge in [0.15, 0.2) is 0 Å². The first-order valence-corrected chi connectivity index (χ1v) is 4.50. The van der Waals surface area contributed by atoms with Gasteiger partial charge in [0, 0.05) is 0 Å². The summed E-state index contributed by atoms with van der Waals surface area (Å²) in [7, 11) is 0. The van der Waals surface area contributed by atoms with E-state index in [1.165, 1.54) is 0 Å². The van der Waals surface area contributed by atoms with Crippen LogP contribution in [0.5, 0.6) is 5.75 Å². The molecule has 0 aromatic heterocycles. The molecule has 0 fully saturated rings. The van der Waals surface area contributed by atoms with Crippen LogP contribution >= 0.6 is 0 Å². The Kier molecular flexibility index (Phi) is 3.55. The average molecular weight is 190 g/mol. The summed E-state index contributed by atoms with van der Waals surface area (Å²) >= 11 is 0.